The predicted molar refractivity (Wildman–Crippen MR) is 48.3 cm³/mol. The van der Waals surface area contributed by atoms with Crippen LogP contribution < -0.4 is 5.48 Å². The summed E-state index contributed by atoms with van der Waals surface area (Å²) < 4.78 is 0. The van der Waals surface area contributed by atoms with Crippen LogP contribution in [0.5, 0.6) is 0 Å². The van der Waals surface area contributed by atoms with Crippen molar-refractivity contribution in [2.24, 2.45) is 5.92 Å². The number of hydrogen-bond acceptors (Lipinski definition) is 2. The maximum Gasteiger partial charge on any atom is 0.0682 e. The first-order valence-corrected chi connectivity index (χ1v) is 4.50. The molecule has 0 heterocycles. The normalized spacial score (nSPS) is 11.5. The van der Waals surface area contributed by atoms with E-state index < -0.39 is 0 Å². The highest BCUT2D eigenvalue weighted by molar-refractivity contribution is 4.44. The van der Waals surface area contributed by atoms with Gasteiger partial charge in [0.25, 0.3) is 0 Å². The molecule has 11 heavy (non-hydrogen) atoms. The fourth-order valence-electron chi connectivity index (χ4n) is 0.789. The SMILES string of the molecule is CC(C)CCCONC(C)C. The van der Waals surface area contributed by atoms with Crippen LogP contribution in [-0.4, -0.2) is 12.6 Å². The van der Waals surface area contributed by atoms with Crippen LogP contribution in [0.25, 0.3) is 0 Å². The highest BCUT2D eigenvalue weighted by Gasteiger charge is 1.94. The highest BCUT2D eigenvalue weighted by Crippen LogP contribution is 2.02. The van der Waals surface area contributed by atoms with Gasteiger partial charge in [0.05, 0.1) is 6.61 Å². The molecule has 0 amide bonds. The average Bonchev–Trinajstić information content (AvgIpc) is 1.85. The van der Waals surface area contributed by atoms with Crippen molar-refractivity contribution >= 4 is 0 Å². The Morgan fingerprint density at radius 2 is 1.82 bits per heavy atom. The van der Waals surface area contributed by atoms with Crippen LogP contribution in [0, 0.1) is 5.92 Å². The van der Waals surface area contributed by atoms with E-state index in [2.05, 4.69) is 33.2 Å². The Kier molecular flexibility index (Phi) is 6.57. The third-order valence-corrected chi connectivity index (χ3v) is 1.35. The predicted octanol–water partition coefficient (Wildman–Crippen LogP) is 2.35. The average molecular weight is 159 g/mol. The van der Waals surface area contributed by atoms with E-state index in [1.165, 1.54) is 6.42 Å². The zero-order valence-corrected chi connectivity index (χ0v) is 8.18. The molecule has 0 aromatic carbocycles. The van der Waals surface area contributed by atoms with E-state index in [0.29, 0.717) is 6.04 Å². The molecule has 0 bridgehead atoms. The van der Waals surface area contributed by atoms with Crippen LogP contribution >= 0.6 is 0 Å². The van der Waals surface area contributed by atoms with Crippen molar-refractivity contribution in [1.29, 1.82) is 0 Å². The summed E-state index contributed by atoms with van der Waals surface area (Å²) in [4.78, 5) is 5.20. The van der Waals surface area contributed by atoms with Gasteiger partial charge in [0.1, 0.15) is 0 Å². The van der Waals surface area contributed by atoms with Gasteiger partial charge in [0.2, 0.25) is 0 Å². The van der Waals surface area contributed by atoms with Crippen molar-refractivity contribution < 1.29 is 4.84 Å². The molecule has 0 spiro atoms. The summed E-state index contributed by atoms with van der Waals surface area (Å²) in [5, 5.41) is 0. The molecule has 2 nitrogen and oxygen atoms in total. The molecular formula is C9H21NO. The molecule has 0 aromatic heterocycles. The molecule has 0 saturated carbocycles. The van der Waals surface area contributed by atoms with Crippen molar-refractivity contribution in [1.82, 2.24) is 5.48 Å². The van der Waals surface area contributed by atoms with Gasteiger partial charge in [-0.25, -0.2) is 5.48 Å². The first kappa shape index (κ1) is 10.9. The molecule has 0 rings (SSSR count). The van der Waals surface area contributed by atoms with Gasteiger partial charge in [-0.2, -0.15) is 0 Å². The van der Waals surface area contributed by atoms with Gasteiger partial charge in [-0.1, -0.05) is 13.8 Å². The maximum atomic E-state index is 5.20. The standard InChI is InChI=1S/C9H21NO/c1-8(2)6-5-7-11-10-9(3)4/h8-10H,5-7H2,1-4H3. The van der Waals surface area contributed by atoms with Crippen molar-refractivity contribution in [3.8, 4) is 0 Å². The Balaban J connectivity index is 2.91. The van der Waals surface area contributed by atoms with Crippen LogP contribution in [0.15, 0.2) is 0 Å². The van der Waals surface area contributed by atoms with Gasteiger partial charge in [-0.3, -0.25) is 0 Å². The van der Waals surface area contributed by atoms with E-state index >= 15 is 0 Å². The lowest BCUT2D eigenvalue weighted by atomic mass is 10.1. The molecule has 0 atom stereocenters. The van der Waals surface area contributed by atoms with Gasteiger partial charge >= 0.3 is 0 Å². The van der Waals surface area contributed by atoms with Crippen LogP contribution in [0.2, 0.25) is 0 Å². The number of hydroxylamine groups is 1. The molecular weight excluding hydrogens is 138 g/mol. The van der Waals surface area contributed by atoms with Gasteiger partial charge in [-0.15, -0.1) is 0 Å². The lowest BCUT2D eigenvalue weighted by Crippen LogP contribution is -2.23. The van der Waals surface area contributed by atoms with Gasteiger partial charge in [0, 0.05) is 6.04 Å². The molecule has 1 N–H and O–H groups in total. The second kappa shape index (κ2) is 6.62. The molecule has 0 fully saturated rings. The van der Waals surface area contributed by atoms with Crippen LogP contribution in [0.4, 0.5) is 0 Å². The second-order valence-corrected chi connectivity index (χ2v) is 3.66. The topological polar surface area (TPSA) is 21.3 Å². The van der Waals surface area contributed by atoms with Gasteiger partial charge < -0.3 is 4.84 Å². The summed E-state index contributed by atoms with van der Waals surface area (Å²) in [7, 11) is 0. The van der Waals surface area contributed by atoms with Crippen LogP contribution in [-0.2, 0) is 4.84 Å². The lowest BCUT2D eigenvalue weighted by Gasteiger charge is -2.08. The first-order valence-electron chi connectivity index (χ1n) is 4.50. The molecule has 0 aliphatic carbocycles. The van der Waals surface area contributed by atoms with E-state index in [1.807, 2.05) is 0 Å². The highest BCUT2D eigenvalue weighted by atomic mass is 16.6. The molecule has 0 aliphatic heterocycles. The largest absolute Gasteiger partial charge is 0.302 e. The van der Waals surface area contributed by atoms with Crippen molar-refractivity contribution in [3.05, 3.63) is 0 Å². The smallest absolute Gasteiger partial charge is 0.0682 e. The van der Waals surface area contributed by atoms with Gasteiger partial charge in [0.15, 0.2) is 0 Å². The van der Waals surface area contributed by atoms with Crippen LogP contribution in [0.3, 0.4) is 0 Å². The third-order valence-electron chi connectivity index (χ3n) is 1.35. The van der Waals surface area contributed by atoms with E-state index in [4.69, 9.17) is 4.84 Å². The molecule has 0 aliphatic rings. The number of rotatable bonds is 6. The Hall–Kier alpha value is -0.0800. The number of hydrogen-bond donors (Lipinski definition) is 1. The minimum Gasteiger partial charge on any atom is -0.302 e. The molecule has 0 radical (unpaired) electrons. The minimum absolute atomic E-state index is 0.425. The summed E-state index contributed by atoms with van der Waals surface area (Å²) in [6.45, 7) is 9.44. The molecule has 68 valence electrons. The maximum absolute atomic E-state index is 5.20. The quantitative estimate of drug-likeness (QED) is 0.474. The Bertz CT molecular complexity index is 71.6. The molecule has 0 saturated heterocycles. The summed E-state index contributed by atoms with van der Waals surface area (Å²) >= 11 is 0. The first-order chi connectivity index (χ1) is 5.13. The second-order valence-electron chi connectivity index (χ2n) is 3.66. The monoisotopic (exact) mass is 159 g/mol. The molecule has 0 unspecified atom stereocenters. The Morgan fingerprint density at radius 3 is 2.27 bits per heavy atom. The zero-order chi connectivity index (χ0) is 8.69. The van der Waals surface area contributed by atoms with E-state index in [1.54, 1.807) is 0 Å². The zero-order valence-electron chi connectivity index (χ0n) is 8.18. The summed E-state index contributed by atoms with van der Waals surface area (Å²) in [5.41, 5.74) is 2.92. The van der Waals surface area contributed by atoms with E-state index in [9.17, 15) is 0 Å². The summed E-state index contributed by atoms with van der Waals surface area (Å²) in [5.74, 6) is 0.789. The lowest BCUT2D eigenvalue weighted by molar-refractivity contribution is 0.0208. The number of nitrogens with one attached hydrogen (secondary N) is 1. The van der Waals surface area contributed by atoms with Crippen LogP contribution in [0.1, 0.15) is 40.5 Å². The molecule has 0 aromatic rings. The van der Waals surface area contributed by atoms with Crippen molar-refractivity contribution in [3.63, 3.8) is 0 Å². The third kappa shape index (κ3) is 9.92. The Labute approximate surface area is 70.3 Å². The molecule has 2 heteroatoms. The summed E-state index contributed by atoms with van der Waals surface area (Å²) in [6.07, 6.45) is 2.40. The minimum atomic E-state index is 0.425. The van der Waals surface area contributed by atoms with E-state index in [0.717, 1.165) is 18.9 Å². The fraction of sp³-hybridized carbons (Fsp3) is 1.00. The van der Waals surface area contributed by atoms with Crippen molar-refractivity contribution in [2.75, 3.05) is 6.61 Å². The van der Waals surface area contributed by atoms with E-state index in [-0.39, 0.29) is 0 Å². The van der Waals surface area contributed by atoms with Crippen molar-refractivity contribution in [2.45, 2.75) is 46.6 Å². The van der Waals surface area contributed by atoms with Gasteiger partial charge in [-0.05, 0) is 32.6 Å². The Morgan fingerprint density at radius 1 is 1.18 bits per heavy atom. The fourth-order valence-corrected chi connectivity index (χ4v) is 0.789. The summed E-state index contributed by atoms with van der Waals surface area (Å²) in [6, 6.07) is 0.425.